The van der Waals surface area contributed by atoms with Crippen LogP contribution in [0.2, 0.25) is 0 Å². The second kappa shape index (κ2) is 9.97. The first kappa shape index (κ1) is 24.8. The minimum Gasteiger partial charge on any atom is -0.449 e. The summed E-state index contributed by atoms with van der Waals surface area (Å²) in [6.07, 6.45) is 1.83. The highest BCUT2D eigenvalue weighted by atomic mass is 19.4. The molecule has 1 aromatic heterocycles. The van der Waals surface area contributed by atoms with Crippen molar-refractivity contribution in [1.82, 2.24) is 9.97 Å². The molecule has 33 heavy (non-hydrogen) atoms. The van der Waals surface area contributed by atoms with E-state index in [0.29, 0.717) is 36.5 Å². The second-order valence-electron chi connectivity index (χ2n) is 8.30. The van der Waals surface area contributed by atoms with Crippen molar-refractivity contribution in [1.29, 1.82) is 0 Å². The summed E-state index contributed by atoms with van der Waals surface area (Å²) in [4.78, 5) is 23.3. The summed E-state index contributed by atoms with van der Waals surface area (Å²) in [6, 6.07) is 2.98. The predicted octanol–water partition coefficient (Wildman–Crippen LogP) is 6.53. The minimum atomic E-state index is -4.50. The van der Waals surface area contributed by atoms with Crippen LogP contribution >= 0.6 is 0 Å². The van der Waals surface area contributed by atoms with Crippen LogP contribution in [0.15, 0.2) is 30.6 Å². The Morgan fingerprint density at radius 2 is 1.85 bits per heavy atom. The number of amides is 1. The molecule has 2 aromatic rings. The first-order valence-electron chi connectivity index (χ1n) is 11.4. The number of anilines is 2. The number of carbonyl (C=O) groups is 1. The zero-order chi connectivity index (χ0) is 24.2. The van der Waals surface area contributed by atoms with E-state index in [9.17, 15) is 18.0 Å². The number of ether oxygens (including phenoxy) is 1. The van der Waals surface area contributed by atoms with Crippen molar-refractivity contribution in [2.45, 2.75) is 77.6 Å². The smallest absolute Gasteiger partial charge is 0.416 e. The van der Waals surface area contributed by atoms with Gasteiger partial charge in [0.15, 0.2) is 0 Å². The van der Waals surface area contributed by atoms with Gasteiger partial charge in [0, 0.05) is 12.4 Å². The van der Waals surface area contributed by atoms with E-state index in [-0.39, 0.29) is 6.61 Å². The molecule has 0 spiro atoms. The average Bonchev–Trinajstić information content (AvgIpc) is 2.79. The minimum absolute atomic E-state index is 0.175. The van der Waals surface area contributed by atoms with Crippen molar-refractivity contribution < 1.29 is 22.7 Å². The lowest BCUT2D eigenvalue weighted by atomic mass is 9.77. The van der Waals surface area contributed by atoms with Gasteiger partial charge in [-0.25, -0.2) is 14.8 Å². The molecule has 1 aromatic carbocycles. The lowest BCUT2D eigenvalue weighted by Crippen LogP contribution is -2.56. The molecule has 1 atom stereocenters. The van der Waals surface area contributed by atoms with E-state index >= 15 is 0 Å². The largest absolute Gasteiger partial charge is 0.449 e. The van der Waals surface area contributed by atoms with Crippen LogP contribution in [0.25, 0.3) is 0 Å². The third-order valence-electron chi connectivity index (χ3n) is 6.34. The fourth-order valence-electron chi connectivity index (χ4n) is 4.52. The SMILES string of the molecule is CCCc1cnc(NC2CC(CC)(CC)N(C(=O)OCC)c3ccc(C(F)(F)F)cc32)nc1. The number of benzene rings is 1. The molecule has 0 bridgehead atoms. The van der Waals surface area contributed by atoms with E-state index in [2.05, 4.69) is 22.2 Å². The summed E-state index contributed by atoms with van der Waals surface area (Å²) in [5, 5.41) is 3.23. The van der Waals surface area contributed by atoms with Crippen LogP contribution in [0.5, 0.6) is 0 Å². The third-order valence-corrected chi connectivity index (χ3v) is 6.34. The zero-order valence-electron chi connectivity index (χ0n) is 19.5. The number of carbonyl (C=O) groups excluding carboxylic acids is 1. The zero-order valence-corrected chi connectivity index (χ0v) is 19.5. The molecule has 1 N–H and O–H groups in total. The fourth-order valence-corrected chi connectivity index (χ4v) is 4.52. The number of hydrogen-bond acceptors (Lipinski definition) is 5. The highest BCUT2D eigenvalue weighted by Gasteiger charge is 2.47. The number of halogens is 3. The molecule has 0 saturated heterocycles. The Kier molecular flexibility index (Phi) is 7.49. The molecule has 1 aliphatic rings. The van der Waals surface area contributed by atoms with Crippen molar-refractivity contribution in [2.24, 2.45) is 0 Å². The monoisotopic (exact) mass is 464 g/mol. The highest BCUT2D eigenvalue weighted by molar-refractivity contribution is 5.91. The molecule has 180 valence electrons. The van der Waals surface area contributed by atoms with E-state index in [4.69, 9.17) is 4.74 Å². The Labute approximate surface area is 192 Å². The summed E-state index contributed by atoms with van der Waals surface area (Å²) in [5.41, 5.74) is 0.389. The van der Waals surface area contributed by atoms with Crippen LogP contribution < -0.4 is 10.2 Å². The van der Waals surface area contributed by atoms with Crippen molar-refractivity contribution in [3.05, 3.63) is 47.3 Å². The van der Waals surface area contributed by atoms with Crippen molar-refractivity contribution in [2.75, 3.05) is 16.8 Å². The van der Waals surface area contributed by atoms with Gasteiger partial charge in [-0.15, -0.1) is 0 Å². The van der Waals surface area contributed by atoms with Crippen LogP contribution in [0.4, 0.5) is 29.6 Å². The molecule has 0 fully saturated rings. The topological polar surface area (TPSA) is 67.4 Å². The van der Waals surface area contributed by atoms with Crippen molar-refractivity contribution in [3.8, 4) is 0 Å². The number of alkyl halides is 3. The molecular weight excluding hydrogens is 433 g/mol. The number of nitrogens with zero attached hydrogens (tertiary/aromatic N) is 3. The lowest BCUT2D eigenvalue weighted by molar-refractivity contribution is -0.137. The Morgan fingerprint density at radius 1 is 1.18 bits per heavy atom. The van der Waals surface area contributed by atoms with Crippen LogP contribution in [0.3, 0.4) is 0 Å². The number of rotatable bonds is 7. The van der Waals surface area contributed by atoms with Crippen molar-refractivity contribution in [3.63, 3.8) is 0 Å². The number of aryl methyl sites for hydroxylation is 1. The lowest BCUT2D eigenvalue weighted by Gasteiger charge is -2.49. The number of fused-ring (bicyclic) bond motifs is 1. The molecule has 1 unspecified atom stereocenters. The van der Waals surface area contributed by atoms with Gasteiger partial charge in [0.25, 0.3) is 0 Å². The Hall–Kier alpha value is -2.84. The second-order valence-corrected chi connectivity index (χ2v) is 8.30. The van der Waals surface area contributed by atoms with Crippen LogP contribution in [0.1, 0.15) is 76.1 Å². The number of nitrogens with one attached hydrogen (secondary N) is 1. The summed E-state index contributed by atoms with van der Waals surface area (Å²) in [5.74, 6) is 0.342. The Morgan fingerprint density at radius 3 is 2.39 bits per heavy atom. The number of hydrogen-bond donors (Lipinski definition) is 1. The molecule has 1 amide bonds. The van der Waals surface area contributed by atoms with E-state index in [0.717, 1.165) is 30.5 Å². The molecule has 0 saturated carbocycles. The maximum Gasteiger partial charge on any atom is 0.416 e. The molecule has 0 radical (unpaired) electrons. The highest BCUT2D eigenvalue weighted by Crippen LogP contribution is 2.48. The summed E-state index contributed by atoms with van der Waals surface area (Å²) >= 11 is 0. The Balaban J connectivity index is 2.10. The van der Waals surface area contributed by atoms with Crippen molar-refractivity contribution >= 4 is 17.7 Å². The van der Waals surface area contributed by atoms with E-state index < -0.39 is 29.4 Å². The Bertz CT molecular complexity index is 959. The fraction of sp³-hybridized carbons (Fsp3) is 0.542. The van der Waals surface area contributed by atoms with Gasteiger partial charge in [-0.3, -0.25) is 4.90 Å². The van der Waals surface area contributed by atoms with Gasteiger partial charge in [-0.1, -0.05) is 27.2 Å². The number of aromatic nitrogens is 2. The maximum atomic E-state index is 13.5. The van der Waals surface area contributed by atoms with E-state index in [1.54, 1.807) is 19.3 Å². The standard InChI is InChI=1S/C24H31F3N4O2/c1-5-9-16-14-28-21(29-15-16)30-19-13-23(6-2,7-3)31(22(32)33-8-4)20-11-10-17(12-18(19)20)24(25,26)27/h10-12,14-15,19H,5-9,13H2,1-4H3,(H,28,29,30). The molecule has 3 rings (SSSR count). The summed E-state index contributed by atoms with van der Waals surface area (Å²) in [6.45, 7) is 7.89. The van der Waals surface area contributed by atoms with E-state index in [1.807, 2.05) is 13.8 Å². The predicted molar refractivity (Wildman–Crippen MR) is 121 cm³/mol. The molecule has 9 heteroatoms. The van der Waals surface area contributed by atoms with Gasteiger partial charge in [0.05, 0.1) is 29.4 Å². The molecule has 1 aliphatic heterocycles. The van der Waals surface area contributed by atoms with Crippen LogP contribution in [0, 0.1) is 0 Å². The molecule has 6 nitrogen and oxygen atoms in total. The molecular formula is C24H31F3N4O2. The van der Waals surface area contributed by atoms with Gasteiger partial charge < -0.3 is 10.1 Å². The van der Waals surface area contributed by atoms with Gasteiger partial charge in [-0.2, -0.15) is 13.2 Å². The third kappa shape index (κ3) is 5.07. The first-order valence-corrected chi connectivity index (χ1v) is 11.4. The quantitative estimate of drug-likeness (QED) is 0.505. The first-order chi connectivity index (χ1) is 15.7. The van der Waals surface area contributed by atoms with Gasteiger partial charge in [0.1, 0.15) is 0 Å². The molecule has 2 heterocycles. The van der Waals surface area contributed by atoms with E-state index in [1.165, 1.54) is 11.0 Å². The normalized spacial score (nSPS) is 17.4. The van der Waals surface area contributed by atoms with Crippen LogP contribution in [-0.4, -0.2) is 28.2 Å². The molecule has 0 aliphatic carbocycles. The summed E-state index contributed by atoms with van der Waals surface area (Å²) < 4.78 is 45.9. The maximum absolute atomic E-state index is 13.5. The van der Waals surface area contributed by atoms with Gasteiger partial charge in [0.2, 0.25) is 5.95 Å². The van der Waals surface area contributed by atoms with Crippen LogP contribution in [-0.2, 0) is 17.3 Å². The van der Waals surface area contributed by atoms with Gasteiger partial charge in [-0.05, 0) is 61.9 Å². The summed E-state index contributed by atoms with van der Waals surface area (Å²) in [7, 11) is 0. The average molecular weight is 465 g/mol. The van der Waals surface area contributed by atoms with Gasteiger partial charge >= 0.3 is 12.3 Å².